The van der Waals surface area contributed by atoms with Crippen LogP contribution in [-0.2, 0) is 23.8 Å². The van der Waals surface area contributed by atoms with Gasteiger partial charge in [0, 0.05) is 21.2 Å². The molecule has 0 radical (unpaired) electrons. The first-order chi connectivity index (χ1) is 12.9. The van der Waals surface area contributed by atoms with E-state index in [0.29, 0.717) is 6.61 Å². The minimum Gasteiger partial charge on any atom is -0.464 e. The molecule has 0 atom stereocenters. The number of rotatable bonds is 15. The number of methoxy groups -OCH3 is 1. The number of hydrogen-bond donors (Lipinski definition) is 0. The average Bonchev–Trinajstić information content (AvgIpc) is 2.63. The van der Waals surface area contributed by atoms with E-state index in [1.165, 1.54) is 51.8 Å². The molecule has 0 aromatic heterocycles. The zero-order chi connectivity index (χ0) is 20.5. The summed E-state index contributed by atoms with van der Waals surface area (Å²) in [5, 5.41) is 0. The normalized spacial score (nSPS) is 10.4. The Bertz CT molecular complexity index is 430. The lowest BCUT2D eigenvalue weighted by Gasteiger charge is -2.21. The van der Waals surface area contributed by atoms with Gasteiger partial charge in [0.1, 0.15) is 19.7 Å². The SMILES string of the molecule is CCCCCCCCCOC(=O)CN(C)C(=O)CN(C)C(=O)OCCOC. The molecule has 0 rings (SSSR count). The summed E-state index contributed by atoms with van der Waals surface area (Å²) in [4.78, 5) is 37.9. The third-order valence-electron chi connectivity index (χ3n) is 4.00. The third kappa shape index (κ3) is 14.0. The zero-order valence-corrected chi connectivity index (χ0v) is 17.3. The Balaban J connectivity index is 3.87. The van der Waals surface area contributed by atoms with Gasteiger partial charge in [-0.1, -0.05) is 45.4 Å². The van der Waals surface area contributed by atoms with Gasteiger partial charge in [0.05, 0.1) is 13.2 Å². The molecule has 8 heteroatoms. The molecular weight excluding hydrogens is 352 g/mol. The van der Waals surface area contributed by atoms with Crippen LogP contribution in [-0.4, -0.2) is 81.9 Å². The number of hydrogen-bond acceptors (Lipinski definition) is 6. The number of esters is 1. The summed E-state index contributed by atoms with van der Waals surface area (Å²) in [6, 6.07) is 0. The standard InChI is InChI=1S/C19H36N2O6/c1-5-6-7-8-9-10-11-12-26-18(23)16-20(2)17(22)15-21(3)19(24)27-14-13-25-4/h5-16H2,1-4H3. The van der Waals surface area contributed by atoms with Crippen LogP contribution in [0, 0.1) is 0 Å². The Morgan fingerprint density at radius 2 is 1.37 bits per heavy atom. The number of unbranched alkanes of at least 4 members (excludes halogenated alkanes) is 6. The molecule has 0 aliphatic rings. The molecule has 0 N–H and O–H groups in total. The fraction of sp³-hybridized carbons (Fsp3) is 0.842. The van der Waals surface area contributed by atoms with Crippen molar-refractivity contribution in [1.29, 1.82) is 0 Å². The lowest BCUT2D eigenvalue weighted by molar-refractivity contribution is -0.148. The zero-order valence-electron chi connectivity index (χ0n) is 17.3. The van der Waals surface area contributed by atoms with Crippen LogP contribution in [0.1, 0.15) is 51.9 Å². The Kier molecular flexibility index (Phi) is 15.2. The predicted octanol–water partition coefficient (Wildman–Crippen LogP) is 2.45. The molecule has 0 spiro atoms. The van der Waals surface area contributed by atoms with Crippen molar-refractivity contribution in [1.82, 2.24) is 9.80 Å². The van der Waals surface area contributed by atoms with E-state index in [4.69, 9.17) is 14.2 Å². The summed E-state index contributed by atoms with van der Waals surface area (Å²) in [5.74, 6) is -0.809. The molecule has 0 aliphatic heterocycles. The van der Waals surface area contributed by atoms with Gasteiger partial charge in [-0.3, -0.25) is 9.59 Å². The topological polar surface area (TPSA) is 85.4 Å². The molecule has 158 valence electrons. The second kappa shape index (κ2) is 16.4. The highest BCUT2D eigenvalue weighted by Crippen LogP contribution is 2.07. The van der Waals surface area contributed by atoms with E-state index in [-0.39, 0.29) is 32.2 Å². The van der Waals surface area contributed by atoms with Crippen molar-refractivity contribution >= 4 is 18.0 Å². The van der Waals surface area contributed by atoms with E-state index in [9.17, 15) is 14.4 Å². The highest BCUT2D eigenvalue weighted by Gasteiger charge is 2.19. The monoisotopic (exact) mass is 388 g/mol. The highest BCUT2D eigenvalue weighted by molar-refractivity contribution is 5.85. The lowest BCUT2D eigenvalue weighted by Crippen LogP contribution is -2.42. The summed E-state index contributed by atoms with van der Waals surface area (Å²) in [6.07, 6.45) is 7.41. The smallest absolute Gasteiger partial charge is 0.410 e. The Morgan fingerprint density at radius 1 is 0.741 bits per heavy atom. The number of ether oxygens (including phenoxy) is 3. The molecule has 0 aliphatic carbocycles. The summed E-state index contributed by atoms with van der Waals surface area (Å²) in [5.41, 5.74) is 0. The summed E-state index contributed by atoms with van der Waals surface area (Å²) in [7, 11) is 4.46. The summed E-state index contributed by atoms with van der Waals surface area (Å²) >= 11 is 0. The van der Waals surface area contributed by atoms with Crippen LogP contribution >= 0.6 is 0 Å². The van der Waals surface area contributed by atoms with Crippen LogP contribution in [0.3, 0.4) is 0 Å². The highest BCUT2D eigenvalue weighted by atomic mass is 16.6. The summed E-state index contributed by atoms with van der Waals surface area (Å²) < 4.78 is 14.9. The van der Waals surface area contributed by atoms with E-state index in [0.717, 1.165) is 24.2 Å². The molecule has 0 bridgehead atoms. The van der Waals surface area contributed by atoms with Crippen LogP contribution in [0.4, 0.5) is 4.79 Å². The second-order valence-electron chi connectivity index (χ2n) is 6.55. The molecule has 0 unspecified atom stereocenters. The number of likely N-dealkylation sites (N-methyl/N-ethyl adjacent to an activating group) is 2. The number of carbonyl (C=O) groups excluding carboxylic acids is 3. The van der Waals surface area contributed by atoms with Gasteiger partial charge in [0.25, 0.3) is 0 Å². The van der Waals surface area contributed by atoms with Gasteiger partial charge in [-0.15, -0.1) is 0 Å². The van der Waals surface area contributed by atoms with Crippen molar-refractivity contribution in [2.45, 2.75) is 51.9 Å². The van der Waals surface area contributed by atoms with Crippen molar-refractivity contribution in [3.63, 3.8) is 0 Å². The third-order valence-corrected chi connectivity index (χ3v) is 4.00. The molecular formula is C19H36N2O6. The second-order valence-corrected chi connectivity index (χ2v) is 6.55. The maximum Gasteiger partial charge on any atom is 0.410 e. The Hall–Kier alpha value is -1.83. The molecule has 0 saturated carbocycles. The van der Waals surface area contributed by atoms with Crippen LogP contribution < -0.4 is 0 Å². The van der Waals surface area contributed by atoms with Crippen LogP contribution in [0.2, 0.25) is 0 Å². The van der Waals surface area contributed by atoms with E-state index in [2.05, 4.69) is 6.92 Å². The molecule has 0 fully saturated rings. The largest absolute Gasteiger partial charge is 0.464 e. The molecule has 0 aromatic rings. The van der Waals surface area contributed by atoms with Gasteiger partial charge in [-0.2, -0.15) is 0 Å². The van der Waals surface area contributed by atoms with E-state index in [1.54, 1.807) is 0 Å². The van der Waals surface area contributed by atoms with Gasteiger partial charge in [0.15, 0.2) is 0 Å². The lowest BCUT2D eigenvalue weighted by atomic mass is 10.1. The van der Waals surface area contributed by atoms with Crippen molar-refractivity contribution in [3.05, 3.63) is 0 Å². The first-order valence-electron chi connectivity index (χ1n) is 9.68. The molecule has 27 heavy (non-hydrogen) atoms. The number of nitrogens with zero attached hydrogens (tertiary/aromatic N) is 2. The van der Waals surface area contributed by atoms with Gasteiger partial charge < -0.3 is 24.0 Å². The van der Waals surface area contributed by atoms with Crippen molar-refractivity contribution in [2.75, 3.05) is 54.1 Å². The van der Waals surface area contributed by atoms with Gasteiger partial charge in [0.2, 0.25) is 5.91 Å². The van der Waals surface area contributed by atoms with Crippen LogP contribution in [0.25, 0.3) is 0 Å². The van der Waals surface area contributed by atoms with E-state index >= 15 is 0 Å². The molecule has 0 heterocycles. The van der Waals surface area contributed by atoms with E-state index < -0.39 is 12.1 Å². The summed E-state index contributed by atoms with van der Waals surface area (Å²) in [6.45, 7) is 2.66. The average molecular weight is 389 g/mol. The minimum atomic E-state index is -0.615. The van der Waals surface area contributed by atoms with Crippen molar-refractivity contribution < 1.29 is 28.6 Å². The van der Waals surface area contributed by atoms with Crippen molar-refractivity contribution in [3.8, 4) is 0 Å². The number of amides is 2. The molecule has 2 amide bonds. The quantitative estimate of drug-likeness (QED) is 0.316. The van der Waals surface area contributed by atoms with E-state index in [1.807, 2.05) is 0 Å². The molecule has 0 saturated heterocycles. The van der Waals surface area contributed by atoms with Gasteiger partial charge in [-0.25, -0.2) is 4.79 Å². The molecule has 8 nitrogen and oxygen atoms in total. The van der Waals surface area contributed by atoms with Gasteiger partial charge >= 0.3 is 12.1 Å². The maximum absolute atomic E-state index is 12.1. The Morgan fingerprint density at radius 3 is 2.00 bits per heavy atom. The number of carbonyl (C=O) groups is 3. The predicted molar refractivity (Wildman–Crippen MR) is 102 cm³/mol. The van der Waals surface area contributed by atoms with Gasteiger partial charge in [-0.05, 0) is 6.42 Å². The minimum absolute atomic E-state index is 0.120. The van der Waals surface area contributed by atoms with Crippen molar-refractivity contribution in [2.24, 2.45) is 0 Å². The fourth-order valence-corrected chi connectivity index (χ4v) is 2.28. The molecule has 0 aromatic carbocycles. The Labute approximate surface area is 163 Å². The maximum atomic E-state index is 12.1. The first-order valence-corrected chi connectivity index (χ1v) is 9.68. The van der Waals surface area contributed by atoms with Crippen LogP contribution in [0.15, 0.2) is 0 Å². The fourth-order valence-electron chi connectivity index (χ4n) is 2.28. The van der Waals surface area contributed by atoms with Crippen LogP contribution in [0.5, 0.6) is 0 Å². The first kappa shape index (κ1) is 25.2.